The molecule has 1 radical (unpaired) electrons. The van der Waals surface area contributed by atoms with Crippen LogP contribution < -0.4 is 5.73 Å². The van der Waals surface area contributed by atoms with Crippen LogP contribution in [0.25, 0.3) is 0 Å². The van der Waals surface area contributed by atoms with Crippen LogP contribution >= 0.6 is 0 Å². The molecule has 1 aromatic heterocycles. The van der Waals surface area contributed by atoms with Crippen LogP contribution in [0.4, 0.5) is 0 Å². The maximum absolute atomic E-state index is 12.0. The van der Waals surface area contributed by atoms with E-state index in [9.17, 15) is 9.59 Å². The molecule has 0 bridgehead atoms. The van der Waals surface area contributed by atoms with Gasteiger partial charge in [-0.05, 0) is 12.8 Å². The lowest BCUT2D eigenvalue weighted by molar-refractivity contribution is 0.0773. The molecule has 6 nitrogen and oxygen atoms in total. The van der Waals surface area contributed by atoms with E-state index >= 15 is 0 Å². The predicted octanol–water partition coefficient (Wildman–Crippen LogP) is -0.446. The van der Waals surface area contributed by atoms with Crippen LogP contribution in [0.15, 0.2) is 0 Å². The third kappa shape index (κ3) is 1.78. The van der Waals surface area contributed by atoms with Crippen molar-refractivity contribution in [1.82, 2.24) is 14.7 Å². The lowest BCUT2D eigenvalue weighted by Crippen LogP contribution is -2.30. The minimum Gasteiger partial charge on any atom is -0.364 e. The number of amides is 2. The molecule has 1 aliphatic carbocycles. The van der Waals surface area contributed by atoms with Crippen LogP contribution in [0, 0.1) is 6.07 Å². The number of aryl methyl sites for hydroxylation is 1. The van der Waals surface area contributed by atoms with Crippen LogP contribution in [0.5, 0.6) is 0 Å². The van der Waals surface area contributed by atoms with Gasteiger partial charge in [0, 0.05) is 20.1 Å². The number of nitrogens with two attached hydrogens (primary N) is 1. The Balaban J connectivity index is 2.25. The summed E-state index contributed by atoms with van der Waals surface area (Å²) in [5.41, 5.74) is 5.34. The number of primary amides is 1. The van der Waals surface area contributed by atoms with Crippen LogP contribution in [0.1, 0.15) is 33.8 Å². The van der Waals surface area contributed by atoms with Crippen LogP contribution in [0.2, 0.25) is 0 Å². The molecule has 0 aliphatic heterocycles. The van der Waals surface area contributed by atoms with Crippen molar-refractivity contribution in [1.29, 1.82) is 0 Å². The van der Waals surface area contributed by atoms with E-state index in [1.807, 2.05) is 0 Å². The normalized spacial score (nSPS) is 14.9. The Bertz CT molecular complexity index is 448. The summed E-state index contributed by atoms with van der Waals surface area (Å²) in [7, 11) is 3.34. The second kappa shape index (κ2) is 3.62. The standard InChI is InChI=1S/C10H13N4O2/c1-13(6-3-4-6)10(16)8-5-7(9(11)15)12-14(8)2/h6H,3-4H2,1-2H3,(H2,11,15). The van der Waals surface area contributed by atoms with Gasteiger partial charge in [-0.3, -0.25) is 14.3 Å². The number of hydrogen-bond donors (Lipinski definition) is 1. The molecule has 0 atom stereocenters. The predicted molar refractivity (Wildman–Crippen MR) is 55.7 cm³/mol. The van der Waals surface area contributed by atoms with E-state index in [0.29, 0.717) is 6.04 Å². The summed E-state index contributed by atoms with van der Waals surface area (Å²) >= 11 is 0. The van der Waals surface area contributed by atoms with E-state index in [4.69, 9.17) is 5.73 Å². The highest BCUT2D eigenvalue weighted by Crippen LogP contribution is 2.26. The fraction of sp³-hybridized carbons (Fsp3) is 0.500. The molecule has 0 saturated heterocycles. The molecule has 1 aromatic rings. The summed E-state index contributed by atoms with van der Waals surface area (Å²) in [5.74, 6) is -0.853. The number of carbonyl (C=O) groups excluding carboxylic acids is 2. The zero-order chi connectivity index (χ0) is 11.9. The van der Waals surface area contributed by atoms with Crippen LogP contribution in [-0.2, 0) is 7.05 Å². The minimum absolute atomic E-state index is 0.00459. The quantitative estimate of drug-likeness (QED) is 0.750. The van der Waals surface area contributed by atoms with Crippen molar-refractivity contribution < 1.29 is 9.59 Å². The average molecular weight is 221 g/mol. The zero-order valence-electron chi connectivity index (χ0n) is 9.23. The first-order chi connectivity index (χ1) is 7.50. The van der Waals surface area contributed by atoms with Crippen molar-refractivity contribution in [3.05, 3.63) is 17.5 Å². The Labute approximate surface area is 93.0 Å². The Hall–Kier alpha value is -1.85. The highest BCUT2D eigenvalue weighted by Gasteiger charge is 2.31. The molecule has 0 aromatic carbocycles. The van der Waals surface area contributed by atoms with Crippen molar-refractivity contribution in [3.63, 3.8) is 0 Å². The molecule has 0 spiro atoms. The summed E-state index contributed by atoms with van der Waals surface area (Å²) in [6, 6.07) is 2.94. The SMILES string of the molecule is CN(C(=O)c1[c]c(C(N)=O)nn1C)C1CC1. The van der Waals surface area contributed by atoms with Gasteiger partial charge in [0.05, 0.1) is 6.07 Å². The van der Waals surface area contributed by atoms with Gasteiger partial charge in [-0.25, -0.2) is 0 Å². The maximum atomic E-state index is 12.0. The zero-order valence-corrected chi connectivity index (χ0v) is 9.23. The number of carbonyl (C=O) groups is 2. The first-order valence-corrected chi connectivity index (χ1v) is 5.04. The van der Waals surface area contributed by atoms with Gasteiger partial charge in [0.1, 0.15) is 5.69 Å². The van der Waals surface area contributed by atoms with Crippen molar-refractivity contribution in [2.45, 2.75) is 18.9 Å². The van der Waals surface area contributed by atoms with E-state index in [-0.39, 0.29) is 17.3 Å². The third-order valence-corrected chi connectivity index (χ3v) is 2.66. The maximum Gasteiger partial charge on any atom is 0.272 e. The Morgan fingerprint density at radius 2 is 2.19 bits per heavy atom. The van der Waals surface area contributed by atoms with Gasteiger partial charge in [0.25, 0.3) is 11.8 Å². The lowest BCUT2D eigenvalue weighted by atomic mass is 10.3. The minimum atomic E-state index is -0.677. The van der Waals surface area contributed by atoms with E-state index in [2.05, 4.69) is 11.2 Å². The van der Waals surface area contributed by atoms with Crippen molar-refractivity contribution in [2.75, 3.05) is 7.05 Å². The van der Waals surface area contributed by atoms with Gasteiger partial charge in [-0.2, -0.15) is 5.10 Å². The van der Waals surface area contributed by atoms with Crippen LogP contribution in [0.3, 0.4) is 0 Å². The summed E-state index contributed by atoms with van der Waals surface area (Å²) < 4.78 is 1.33. The molecule has 1 saturated carbocycles. The molecule has 0 unspecified atom stereocenters. The molecular formula is C10H13N4O2. The molecule has 85 valence electrons. The first-order valence-electron chi connectivity index (χ1n) is 5.04. The summed E-state index contributed by atoms with van der Waals surface area (Å²) in [5, 5.41) is 3.83. The van der Waals surface area contributed by atoms with E-state index < -0.39 is 5.91 Å². The molecule has 1 heterocycles. The van der Waals surface area contributed by atoms with Gasteiger partial charge in [0.2, 0.25) is 0 Å². The van der Waals surface area contributed by atoms with Gasteiger partial charge in [-0.1, -0.05) is 0 Å². The van der Waals surface area contributed by atoms with E-state index in [0.717, 1.165) is 12.8 Å². The number of nitrogens with zero attached hydrogens (tertiary/aromatic N) is 3. The largest absolute Gasteiger partial charge is 0.364 e. The Morgan fingerprint density at radius 3 is 2.62 bits per heavy atom. The monoisotopic (exact) mass is 221 g/mol. The molecule has 2 N–H and O–H groups in total. The molecule has 2 rings (SSSR count). The van der Waals surface area contributed by atoms with Crippen molar-refractivity contribution >= 4 is 11.8 Å². The summed E-state index contributed by atoms with van der Waals surface area (Å²) in [6.07, 6.45) is 2.06. The molecule has 6 heteroatoms. The second-order valence-corrected chi connectivity index (χ2v) is 3.96. The Morgan fingerprint density at radius 1 is 1.56 bits per heavy atom. The smallest absolute Gasteiger partial charge is 0.272 e. The molecule has 2 amide bonds. The summed E-state index contributed by atoms with van der Waals surface area (Å²) in [4.78, 5) is 24.5. The van der Waals surface area contributed by atoms with E-state index in [1.54, 1.807) is 19.0 Å². The highest BCUT2D eigenvalue weighted by atomic mass is 16.2. The number of hydrogen-bond acceptors (Lipinski definition) is 3. The summed E-state index contributed by atoms with van der Waals surface area (Å²) in [6.45, 7) is 0. The van der Waals surface area contributed by atoms with Crippen molar-refractivity contribution in [2.24, 2.45) is 12.8 Å². The molecule has 16 heavy (non-hydrogen) atoms. The van der Waals surface area contributed by atoms with Gasteiger partial charge in [0.15, 0.2) is 5.69 Å². The fourth-order valence-electron chi connectivity index (χ4n) is 1.52. The molecule has 1 fully saturated rings. The van der Waals surface area contributed by atoms with Crippen molar-refractivity contribution in [3.8, 4) is 0 Å². The first kappa shape index (κ1) is 10.7. The number of rotatable bonds is 3. The molecule has 1 aliphatic rings. The van der Waals surface area contributed by atoms with Gasteiger partial charge < -0.3 is 10.6 Å². The van der Waals surface area contributed by atoms with E-state index in [1.165, 1.54) is 4.68 Å². The third-order valence-electron chi connectivity index (χ3n) is 2.66. The second-order valence-electron chi connectivity index (χ2n) is 3.96. The van der Waals surface area contributed by atoms with Gasteiger partial charge >= 0.3 is 0 Å². The van der Waals surface area contributed by atoms with Crippen LogP contribution in [-0.4, -0.2) is 39.6 Å². The fourth-order valence-corrected chi connectivity index (χ4v) is 1.52. The Kier molecular flexibility index (Phi) is 2.41. The lowest BCUT2D eigenvalue weighted by Gasteiger charge is -2.15. The molecular weight excluding hydrogens is 208 g/mol. The highest BCUT2D eigenvalue weighted by molar-refractivity contribution is 5.96. The topological polar surface area (TPSA) is 81.2 Å². The number of aromatic nitrogens is 2. The average Bonchev–Trinajstić information content (AvgIpc) is 2.99. The van der Waals surface area contributed by atoms with Gasteiger partial charge in [-0.15, -0.1) is 0 Å².